The van der Waals surface area contributed by atoms with Gasteiger partial charge in [-0.05, 0) is 29.8 Å². The Morgan fingerprint density at radius 3 is 2.80 bits per heavy atom. The molecule has 1 aliphatic rings. The minimum Gasteiger partial charge on any atom is -0.370 e. The van der Waals surface area contributed by atoms with Gasteiger partial charge in [-0.15, -0.1) is 0 Å². The van der Waals surface area contributed by atoms with Gasteiger partial charge in [0, 0.05) is 25.5 Å². The molecule has 134 valence electrons. The molecule has 9 heteroatoms. The Morgan fingerprint density at radius 1 is 1.24 bits per heavy atom. The largest absolute Gasteiger partial charge is 0.370 e. The number of benzene rings is 1. The Morgan fingerprint density at radius 2 is 2.08 bits per heavy atom. The first-order valence-corrected chi connectivity index (χ1v) is 9.91. The van der Waals surface area contributed by atoms with E-state index in [0.717, 1.165) is 5.56 Å². The first-order valence-electron chi connectivity index (χ1n) is 7.67. The predicted molar refractivity (Wildman–Crippen MR) is 96.4 cm³/mol. The second-order valence-electron chi connectivity index (χ2n) is 5.59. The maximum Gasteiger partial charge on any atom is 0.242 e. The number of halogens is 2. The number of hydrogen-bond donors (Lipinski definition) is 2. The van der Waals surface area contributed by atoms with Gasteiger partial charge in [0.05, 0.1) is 22.7 Å². The number of aromatic nitrogens is 1. The van der Waals surface area contributed by atoms with Crippen LogP contribution in [0, 0.1) is 0 Å². The third-order valence-electron chi connectivity index (χ3n) is 3.83. The predicted octanol–water partition coefficient (Wildman–Crippen LogP) is 2.40. The summed E-state index contributed by atoms with van der Waals surface area (Å²) in [5.41, 5.74) is 0.761. The lowest BCUT2D eigenvalue weighted by atomic mass is 10.0. The van der Waals surface area contributed by atoms with Crippen LogP contribution in [0.2, 0.25) is 10.0 Å². The molecule has 1 aliphatic heterocycles. The van der Waals surface area contributed by atoms with E-state index in [1.807, 2.05) is 0 Å². The third-order valence-corrected chi connectivity index (χ3v) is 6.04. The van der Waals surface area contributed by atoms with E-state index in [-0.39, 0.29) is 4.90 Å². The molecule has 0 unspecified atom stereocenters. The highest BCUT2D eigenvalue weighted by molar-refractivity contribution is 7.89. The summed E-state index contributed by atoms with van der Waals surface area (Å²) in [6.45, 7) is 1.50. The summed E-state index contributed by atoms with van der Waals surface area (Å²) in [7, 11) is -3.73. The van der Waals surface area contributed by atoms with Crippen LogP contribution < -0.4 is 10.0 Å². The fourth-order valence-electron chi connectivity index (χ4n) is 2.63. The van der Waals surface area contributed by atoms with E-state index < -0.39 is 22.2 Å². The Bertz CT molecular complexity index is 834. The molecule has 0 radical (unpaired) electrons. The van der Waals surface area contributed by atoms with Crippen LogP contribution >= 0.6 is 23.2 Å². The first-order chi connectivity index (χ1) is 12.0. The summed E-state index contributed by atoms with van der Waals surface area (Å²) in [5, 5.41) is 4.00. The normalized spacial score (nSPS) is 21.7. The van der Waals surface area contributed by atoms with Crippen molar-refractivity contribution in [1.82, 2.24) is 15.0 Å². The number of ether oxygens (including phenoxy) is 1. The lowest BCUT2D eigenvalue weighted by Crippen LogP contribution is -2.44. The highest BCUT2D eigenvalue weighted by Crippen LogP contribution is 2.30. The van der Waals surface area contributed by atoms with Gasteiger partial charge in [0.25, 0.3) is 0 Å². The summed E-state index contributed by atoms with van der Waals surface area (Å²) < 4.78 is 33.8. The van der Waals surface area contributed by atoms with Gasteiger partial charge in [-0.25, -0.2) is 13.1 Å². The molecule has 2 N–H and O–H groups in total. The van der Waals surface area contributed by atoms with Crippen LogP contribution in [0.25, 0.3) is 0 Å². The van der Waals surface area contributed by atoms with Gasteiger partial charge >= 0.3 is 0 Å². The Hall–Kier alpha value is -1.22. The highest BCUT2D eigenvalue weighted by Gasteiger charge is 2.31. The fraction of sp³-hybridized carbons (Fsp3) is 0.312. The van der Waals surface area contributed by atoms with Crippen molar-refractivity contribution in [3.05, 3.63) is 58.3 Å². The van der Waals surface area contributed by atoms with E-state index in [1.54, 1.807) is 24.3 Å². The number of nitrogens with zero attached hydrogens (tertiary/aromatic N) is 1. The van der Waals surface area contributed by atoms with E-state index in [4.69, 9.17) is 27.9 Å². The molecule has 25 heavy (non-hydrogen) atoms. The van der Waals surface area contributed by atoms with E-state index in [1.165, 1.54) is 18.5 Å². The van der Waals surface area contributed by atoms with Crippen LogP contribution in [0.4, 0.5) is 0 Å². The quantitative estimate of drug-likeness (QED) is 0.821. The molecule has 1 aromatic heterocycles. The van der Waals surface area contributed by atoms with Crippen molar-refractivity contribution in [1.29, 1.82) is 0 Å². The average molecular weight is 402 g/mol. The zero-order chi connectivity index (χ0) is 17.9. The monoisotopic (exact) mass is 401 g/mol. The number of hydrogen-bond acceptors (Lipinski definition) is 5. The van der Waals surface area contributed by atoms with Gasteiger partial charge in [-0.3, -0.25) is 4.98 Å². The van der Waals surface area contributed by atoms with Crippen LogP contribution in [0.15, 0.2) is 47.6 Å². The van der Waals surface area contributed by atoms with E-state index in [0.29, 0.717) is 29.7 Å². The molecule has 1 aromatic carbocycles. The van der Waals surface area contributed by atoms with Gasteiger partial charge in [-0.1, -0.05) is 29.3 Å². The van der Waals surface area contributed by atoms with Crippen molar-refractivity contribution in [3.8, 4) is 0 Å². The highest BCUT2D eigenvalue weighted by atomic mass is 35.5. The third kappa shape index (κ3) is 4.49. The SMILES string of the molecule is O=S(=O)(N[C@@H]1CNCCO[C@H]1c1ccc(Cl)c(Cl)c1)c1cccnc1. The van der Waals surface area contributed by atoms with Crippen LogP contribution in [0.5, 0.6) is 0 Å². The van der Waals surface area contributed by atoms with Crippen molar-refractivity contribution < 1.29 is 13.2 Å². The van der Waals surface area contributed by atoms with Gasteiger partial charge in [-0.2, -0.15) is 0 Å². The molecule has 6 nitrogen and oxygen atoms in total. The molecule has 2 atom stereocenters. The Labute approximate surface area is 156 Å². The van der Waals surface area contributed by atoms with Crippen molar-refractivity contribution in [3.63, 3.8) is 0 Å². The Kier molecular flexibility index (Phi) is 5.93. The minimum atomic E-state index is -3.73. The molecule has 0 aliphatic carbocycles. The molecular formula is C16H17Cl2N3O3S. The van der Waals surface area contributed by atoms with Gasteiger partial charge in [0.2, 0.25) is 10.0 Å². The van der Waals surface area contributed by atoms with E-state index >= 15 is 0 Å². The van der Waals surface area contributed by atoms with Gasteiger partial charge < -0.3 is 10.1 Å². The first kappa shape index (κ1) is 18.6. The van der Waals surface area contributed by atoms with E-state index in [2.05, 4.69) is 15.0 Å². The Balaban J connectivity index is 1.89. The fourth-order valence-corrected chi connectivity index (χ4v) is 4.14. The van der Waals surface area contributed by atoms with Crippen molar-refractivity contribution in [2.75, 3.05) is 19.7 Å². The average Bonchev–Trinajstić information content (AvgIpc) is 2.83. The summed E-state index contributed by atoms with van der Waals surface area (Å²) >= 11 is 12.1. The smallest absolute Gasteiger partial charge is 0.242 e. The second kappa shape index (κ2) is 7.99. The second-order valence-corrected chi connectivity index (χ2v) is 8.11. The molecule has 1 saturated heterocycles. The zero-order valence-electron chi connectivity index (χ0n) is 13.2. The van der Waals surface area contributed by atoms with Crippen LogP contribution in [0.3, 0.4) is 0 Å². The van der Waals surface area contributed by atoms with Crippen LogP contribution in [0.1, 0.15) is 11.7 Å². The molecular weight excluding hydrogens is 385 g/mol. The number of rotatable bonds is 4. The number of nitrogens with one attached hydrogen (secondary N) is 2. The van der Waals surface area contributed by atoms with Gasteiger partial charge in [0.1, 0.15) is 11.0 Å². The van der Waals surface area contributed by atoms with Crippen molar-refractivity contribution in [2.24, 2.45) is 0 Å². The number of sulfonamides is 1. The van der Waals surface area contributed by atoms with Crippen molar-refractivity contribution >= 4 is 33.2 Å². The van der Waals surface area contributed by atoms with Crippen LogP contribution in [-0.4, -0.2) is 39.1 Å². The lowest BCUT2D eigenvalue weighted by molar-refractivity contribution is 0.0493. The molecule has 1 fully saturated rings. The van der Waals surface area contributed by atoms with Crippen molar-refractivity contribution in [2.45, 2.75) is 17.0 Å². The molecule has 0 saturated carbocycles. The maximum atomic E-state index is 12.6. The van der Waals surface area contributed by atoms with E-state index in [9.17, 15) is 8.42 Å². The molecule has 3 rings (SSSR count). The molecule has 0 amide bonds. The maximum absolute atomic E-state index is 12.6. The summed E-state index contributed by atoms with van der Waals surface area (Å²) in [4.78, 5) is 3.97. The number of pyridine rings is 1. The minimum absolute atomic E-state index is 0.104. The standard InChI is InChI=1S/C16H17Cl2N3O3S/c17-13-4-3-11(8-14(13)18)16-15(10-20-6-7-24-16)21-25(22,23)12-2-1-5-19-9-12/h1-5,8-9,15-16,20-21H,6-7,10H2/t15-,16+/m1/s1. The molecule has 0 bridgehead atoms. The molecule has 0 spiro atoms. The van der Waals surface area contributed by atoms with Crippen LogP contribution in [-0.2, 0) is 14.8 Å². The summed E-state index contributed by atoms with van der Waals surface area (Å²) in [5.74, 6) is 0. The summed E-state index contributed by atoms with van der Waals surface area (Å²) in [6, 6.07) is 7.72. The summed E-state index contributed by atoms with van der Waals surface area (Å²) in [6.07, 6.45) is 2.34. The lowest BCUT2D eigenvalue weighted by Gasteiger charge is -2.26. The molecule has 2 heterocycles. The topological polar surface area (TPSA) is 80.3 Å². The zero-order valence-corrected chi connectivity index (χ0v) is 15.5. The van der Waals surface area contributed by atoms with Gasteiger partial charge in [0.15, 0.2) is 0 Å². The molecule has 2 aromatic rings.